The highest BCUT2D eigenvalue weighted by Crippen LogP contribution is 2.14. The van der Waals surface area contributed by atoms with Crippen molar-refractivity contribution in [2.24, 2.45) is 0 Å². The first-order valence-electron chi connectivity index (χ1n) is 5.56. The lowest BCUT2D eigenvalue weighted by Crippen LogP contribution is -2.21. The Morgan fingerprint density at radius 2 is 2.47 bits per heavy atom. The Hall–Kier alpha value is -1.89. The van der Waals surface area contributed by atoms with E-state index in [0.29, 0.717) is 17.4 Å². The van der Waals surface area contributed by atoms with Crippen LogP contribution in [0.4, 0.5) is 0 Å². The third-order valence-corrected chi connectivity index (χ3v) is 2.85. The van der Waals surface area contributed by atoms with Crippen LogP contribution in [0.15, 0.2) is 10.9 Å². The molecule has 1 aliphatic heterocycles. The summed E-state index contributed by atoms with van der Waals surface area (Å²) in [5.41, 5.74) is 0.252. The summed E-state index contributed by atoms with van der Waals surface area (Å²) in [4.78, 5) is 15.7. The zero-order valence-corrected chi connectivity index (χ0v) is 9.43. The Morgan fingerprint density at radius 3 is 3.24 bits per heavy atom. The number of nitrogens with zero attached hydrogens (tertiary/aromatic N) is 3. The minimum absolute atomic E-state index is 0.148. The summed E-state index contributed by atoms with van der Waals surface area (Å²) >= 11 is 0. The lowest BCUT2D eigenvalue weighted by atomic mass is 10.3. The highest BCUT2D eigenvalue weighted by molar-refractivity contribution is 5.40. The fraction of sp³-hybridized carbons (Fsp3) is 0.500. The number of aromatic nitrogens is 4. The van der Waals surface area contributed by atoms with Gasteiger partial charge in [0.05, 0.1) is 0 Å². The summed E-state index contributed by atoms with van der Waals surface area (Å²) in [6.07, 6.45) is 1.12. The van der Waals surface area contributed by atoms with Gasteiger partial charge >= 0.3 is 5.69 Å². The summed E-state index contributed by atoms with van der Waals surface area (Å²) in [7, 11) is 0. The second-order valence-electron chi connectivity index (χ2n) is 4.10. The van der Waals surface area contributed by atoms with E-state index in [2.05, 4.69) is 20.5 Å². The van der Waals surface area contributed by atoms with Crippen molar-refractivity contribution >= 4 is 5.65 Å². The normalized spacial score (nSPS) is 19.9. The van der Waals surface area contributed by atoms with Gasteiger partial charge in [-0.05, 0) is 19.9 Å². The molecule has 0 aromatic carbocycles. The molecule has 90 valence electrons. The minimum atomic E-state index is -0.279. The molecule has 1 unspecified atom stereocenters. The van der Waals surface area contributed by atoms with Crippen LogP contribution in [0.3, 0.4) is 0 Å². The number of ether oxygens (including phenoxy) is 1. The molecule has 0 bridgehead atoms. The lowest BCUT2D eigenvalue weighted by molar-refractivity contribution is 0.213. The van der Waals surface area contributed by atoms with Gasteiger partial charge in [0.2, 0.25) is 5.88 Å². The molecule has 1 saturated heterocycles. The van der Waals surface area contributed by atoms with E-state index in [1.807, 2.05) is 0 Å². The van der Waals surface area contributed by atoms with Crippen molar-refractivity contribution < 1.29 is 4.74 Å². The molecule has 0 aliphatic carbocycles. The minimum Gasteiger partial charge on any atom is -0.473 e. The summed E-state index contributed by atoms with van der Waals surface area (Å²) in [5, 5.41) is 9.51. The molecule has 0 spiro atoms. The number of H-pyrrole nitrogens is 1. The van der Waals surface area contributed by atoms with E-state index in [4.69, 9.17) is 4.74 Å². The second kappa shape index (κ2) is 3.85. The molecule has 0 amide bonds. The predicted molar refractivity (Wildman–Crippen MR) is 60.2 cm³/mol. The van der Waals surface area contributed by atoms with Crippen LogP contribution in [0.1, 0.15) is 12.2 Å². The van der Waals surface area contributed by atoms with Gasteiger partial charge in [0.25, 0.3) is 0 Å². The average Bonchev–Trinajstić information content (AvgIpc) is 2.89. The summed E-state index contributed by atoms with van der Waals surface area (Å²) < 4.78 is 7.15. The van der Waals surface area contributed by atoms with Crippen LogP contribution in [-0.4, -0.2) is 38.8 Å². The third-order valence-electron chi connectivity index (χ3n) is 2.85. The quantitative estimate of drug-likeness (QED) is 0.730. The topological polar surface area (TPSA) is 84.3 Å². The van der Waals surface area contributed by atoms with Crippen LogP contribution >= 0.6 is 0 Å². The maximum atomic E-state index is 11.4. The van der Waals surface area contributed by atoms with Crippen LogP contribution in [0.25, 0.3) is 5.65 Å². The van der Waals surface area contributed by atoms with Gasteiger partial charge in [-0.25, -0.2) is 14.3 Å². The Morgan fingerprint density at radius 1 is 1.59 bits per heavy atom. The number of hydrogen-bond acceptors (Lipinski definition) is 5. The van der Waals surface area contributed by atoms with E-state index >= 15 is 0 Å². The first-order valence-corrected chi connectivity index (χ1v) is 5.56. The first-order chi connectivity index (χ1) is 8.24. The lowest BCUT2D eigenvalue weighted by Gasteiger charge is -2.11. The number of fused-ring (bicyclic) bond motifs is 1. The Bertz CT molecular complexity index is 596. The molecule has 2 N–H and O–H groups in total. The van der Waals surface area contributed by atoms with Gasteiger partial charge in [-0.2, -0.15) is 10.1 Å². The van der Waals surface area contributed by atoms with Crippen molar-refractivity contribution in [2.45, 2.75) is 19.4 Å². The Balaban J connectivity index is 1.97. The molecule has 3 rings (SSSR count). The van der Waals surface area contributed by atoms with Crippen LogP contribution < -0.4 is 15.7 Å². The zero-order chi connectivity index (χ0) is 11.8. The SMILES string of the molecule is Cc1nc(OC2CCNC2)cc2n[nH]c(=O)n12. The number of aryl methyl sites for hydroxylation is 1. The molecule has 0 saturated carbocycles. The van der Waals surface area contributed by atoms with Gasteiger partial charge in [-0.3, -0.25) is 0 Å². The monoisotopic (exact) mass is 235 g/mol. The number of hydrogen-bond donors (Lipinski definition) is 2. The van der Waals surface area contributed by atoms with Crippen molar-refractivity contribution in [3.05, 3.63) is 22.4 Å². The van der Waals surface area contributed by atoms with E-state index in [9.17, 15) is 4.79 Å². The van der Waals surface area contributed by atoms with Gasteiger partial charge in [-0.1, -0.05) is 0 Å². The number of aromatic amines is 1. The molecule has 2 aromatic rings. The Labute approximate surface area is 96.8 Å². The highest BCUT2D eigenvalue weighted by atomic mass is 16.5. The molecule has 0 radical (unpaired) electrons. The fourth-order valence-corrected chi connectivity index (χ4v) is 2.03. The highest BCUT2D eigenvalue weighted by Gasteiger charge is 2.17. The van der Waals surface area contributed by atoms with E-state index in [-0.39, 0.29) is 11.8 Å². The van der Waals surface area contributed by atoms with Gasteiger partial charge in [-0.15, -0.1) is 0 Å². The molecule has 3 heterocycles. The molecular formula is C10H13N5O2. The van der Waals surface area contributed by atoms with E-state index in [0.717, 1.165) is 19.5 Å². The zero-order valence-electron chi connectivity index (χ0n) is 9.43. The second-order valence-corrected chi connectivity index (χ2v) is 4.10. The summed E-state index contributed by atoms with van der Waals surface area (Å²) in [6, 6.07) is 1.67. The largest absolute Gasteiger partial charge is 0.473 e. The van der Waals surface area contributed by atoms with Crippen molar-refractivity contribution in [2.75, 3.05) is 13.1 Å². The first kappa shape index (κ1) is 10.3. The molecule has 1 aliphatic rings. The van der Waals surface area contributed by atoms with Crippen molar-refractivity contribution in [3.8, 4) is 5.88 Å². The van der Waals surface area contributed by atoms with E-state index < -0.39 is 0 Å². The van der Waals surface area contributed by atoms with Crippen molar-refractivity contribution in [1.29, 1.82) is 0 Å². The maximum absolute atomic E-state index is 11.4. The molecule has 1 fully saturated rings. The van der Waals surface area contributed by atoms with Crippen LogP contribution in [0.2, 0.25) is 0 Å². The smallest absolute Gasteiger partial charge is 0.349 e. The average molecular weight is 235 g/mol. The van der Waals surface area contributed by atoms with Gasteiger partial charge < -0.3 is 10.1 Å². The molecule has 7 heteroatoms. The van der Waals surface area contributed by atoms with Gasteiger partial charge in [0.15, 0.2) is 5.65 Å². The molecule has 7 nitrogen and oxygen atoms in total. The molecular weight excluding hydrogens is 222 g/mol. The predicted octanol–water partition coefficient (Wildman–Crippen LogP) is -0.533. The van der Waals surface area contributed by atoms with Crippen LogP contribution in [0, 0.1) is 6.92 Å². The van der Waals surface area contributed by atoms with Crippen molar-refractivity contribution in [1.82, 2.24) is 24.9 Å². The summed E-state index contributed by atoms with van der Waals surface area (Å²) in [5.74, 6) is 1.09. The van der Waals surface area contributed by atoms with Gasteiger partial charge in [0.1, 0.15) is 11.9 Å². The summed E-state index contributed by atoms with van der Waals surface area (Å²) in [6.45, 7) is 3.55. The Kier molecular flexibility index (Phi) is 2.32. The molecule has 2 aromatic heterocycles. The van der Waals surface area contributed by atoms with E-state index in [1.54, 1.807) is 13.0 Å². The van der Waals surface area contributed by atoms with Crippen LogP contribution in [-0.2, 0) is 0 Å². The number of nitrogens with one attached hydrogen (secondary N) is 2. The standard InChI is InChI=1S/C10H13N5O2/c1-6-12-9(17-7-2-3-11-5-7)4-8-13-14-10(16)15(6)8/h4,7,11H,2-3,5H2,1H3,(H,14,16). The molecule has 1 atom stereocenters. The molecule has 17 heavy (non-hydrogen) atoms. The third kappa shape index (κ3) is 1.78. The number of rotatable bonds is 2. The maximum Gasteiger partial charge on any atom is 0.349 e. The van der Waals surface area contributed by atoms with E-state index in [1.165, 1.54) is 4.40 Å². The fourth-order valence-electron chi connectivity index (χ4n) is 2.03. The van der Waals surface area contributed by atoms with Crippen LogP contribution in [0.5, 0.6) is 5.88 Å². The van der Waals surface area contributed by atoms with Crippen molar-refractivity contribution in [3.63, 3.8) is 0 Å². The van der Waals surface area contributed by atoms with Gasteiger partial charge in [0, 0.05) is 12.6 Å².